The maximum Gasteiger partial charge on any atom is 0.264 e. The number of para-hydroxylation sites is 1. The van der Waals surface area contributed by atoms with Crippen LogP contribution in [-0.4, -0.2) is 27.9 Å². The molecule has 0 heterocycles. The van der Waals surface area contributed by atoms with Gasteiger partial charge in [0.05, 0.1) is 10.6 Å². The van der Waals surface area contributed by atoms with Crippen molar-refractivity contribution in [3.8, 4) is 0 Å². The predicted molar refractivity (Wildman–Crippen MR) is 130 cm³/mol. The van der Waals surface area contributed by atoms with Crippen LogP contribution in [0.2, 0.25) is 0 Å². The molecule has 0 N–H and O–H groups in total. The van der Waals surface area contributed by atoms with Crippen molar-refractivity contribution in [2.75, 3.05) is 22.8 Å². The third-order valence-electron chi connectivity index (χ3n) is 5.45. The number of sulfonamides is 1. The fourth-order valence-corrected chi connectivity index (χ4v) is 5.15. The van der Waals surface area contributed by atoms with Gasteiger partial charge >= 0.3 is 0 Å². The van der Waals surface area contributed by atoms with E-state index in [9.17, 15) is 13.2 Å². The summed E-state index contributed by atoms with van der Waals surface area (Å²) in [5.41, 5.74) is 1.79. The first-order chi connectivity index (χ1) is 15.4. The van der Waals surface area contributed by atoms with Gasteiger partial charge in [0, 0.05) is 24.8 Å². The highest BCUT2D eigenvalue weighted by Gasteiger charge is 2.24. The smallest absolute Gasteiger partial charge is 0.264 e. The number of fused-ring (bicyclic) bond motifs is 1. The Morgan fingerprint density at radius 1 is 0.750 bits per heavy atom. The molecule has 4 aromatic carbocycles. The Hall–Kier alpha value is -3.64. The minimum Gasteiger partial charge on any atom is -0.311 e. The van der Waals surface area contributed by atoms with Crippen molar-refractivity contribution in [3.05, 3.63) is 103 Å². The van der Waals surface area contributed by atoms with Gasteiger partial charge in [0.25, 0.3) is 15.9 Å². The first-order valence-corrected chi connectivity index (χ1v) is 11.8. The monoisotopic (exact) mass is 444 g/mol. The van der Waals surface area contributed by atoms with Crippen LogP contribution in [0.15, 0.2) is 102 Å². The molecule has 0 saturated carbocycles. The van der Waals surface area contributed by atoms with Crippen LogP contribution in [0.1, 0.15) is 17.3 Å². The molecule has 0 radical (unpaired) electrons. The maximum atomic E-state index is 13.2. The van der Waals surface area contributed by atoms with Crippen LogP contribution in [0, 0.1) is 0 Å². The number of carbonyl (C=O) groups is 1. The molecule has 4 aromatic rings. The molecule has 1 amide bonds. The second-order valence-electron chi connectivity index (χ2n) is 7.43. The van der Waals surface area contributed by atoms with Crippen molar-refractivity contribution in [2.45, 2.75) is 11.8 Å². The molecule has 0 bridgehead atoms. The Labute approximate surface area is 188 Å². The quantitative estimate of drug-likeness (QED) is 0.404. The van der Waals surface area contributed by atoms with E-state index in [4.69, 9.17) is 0 Å². The van der Waals surface area contributed by atoms with E-state index >= 15 is 0 Å². The van der Waals surface area contributed by atoms with E-state index in [0.717, 1.165) is 16.5 Å². The van der Waals surface area contributed by atoms with Gasteiger partial charge in [0.15, 0.2) is 0 Å². The summed E-state index contributed by atoms with van der Waals surface area (Å²) in [6.45, 7) is 2.10. The van der Waals surface area contributed by atoms with E-state index in [1.165, 1.54) is 16.4 Å². The second-order valence-corrected chi connectivity index (χ2v) is 9.29. The normalized spacial score (nSPS) is 11.3. The highest BCUT2D eigenvalue weighted by Crippen LogP contribution is 2.25. The Kier molecular flexibility index (Phi) is 5.97. The molecule has 5 nitrogen and oxygen atoms in total. The average molecular weight is 445 g/mol. The molecule has 0 unspecified atom stereocenters. The first-order valence-electron chi connectivity index (χ1n) is 10.4. The highest BCUT2D eigenvalue weighted by atomic mass is 32.2. The van der Waals surface area contributed by atoms with E-state index in [0.29, 0.717) is 17.8 Å². The van der Waals surface area contributed by atoms with Crippen LogP contribution < -0.4 is 9.21 Å². The van der Waals surface area contributed by atoms with Crippen LogP contribution in [0.5, 0.6) is 0 Å². The van der Waals surface area contributed by atoms with Crippen LogP contribution in [0.4, 0.5) is 11.4 Å². The third-order valence-corrected chi connectivity index (χ3v) is 7.36. The summed E-state index contributed by atoms with van der Waals surface area (Å²) in [7, 11) is -2.02. The van der Waals surface area contributed by atoms with E-state index in [2.05, 4.69) is 0 Å². The molecule has 0 aromatic heterocycles. The molecule has 162 valence electrons. The lowest BCUT2D eigenvalue weighted by Gasteiger charge is -2.23. The molecule has 0 saturated heterocycles. The van der Waals surface area contributed by atoms with Gasteiger partial charge in [-0.05, 0) is 66.2 Å². The predicted octanol–water partition coefficient (Wildman–Crippen LogP) is 5.33. The number of carbonyl (C=O) groups excluding carboxylic acids is 1. The van der Waals surface area contributed by atoms with Crippen LogP contribution in [0.3, 0.4) is 0 Å². The molecule has 32 heavy (non-hydrogen) atoms. The summed E-state index contributed by atoms with van der Waals surface area (Å²) in [4.78, 5) is 14.7. The summed E-state index contributed by atoms with van der Waals surface area (Å²) in [5.74, 6) is -0.209. The minimum atomic E-state index is -3.73. The van der Waals surface area contributed by atoms with Gasteiger partial charge < -0.3 is 4.90 Å². The molecular weight excluding hydrogens is 420 g/mol. The van der Waals surface area contributed by atoms with Gasteiger partial charge in [0.2, 0.25) is 0 Å². The molecule has 4 rings (SSSR count). The molecule has 0 aliphatic carbocycles. The van der Waals surface area contributed by atoms with Gasteiger partial charge in [0.1, 0.15) is 0 Å². The Morgan fingerprint density at radius 2 is 1.38 bits per heavy atom. The maximum absolute atomic E-state index is 13.2. The summed E-state index contributed by atoms with van der Waals surface area (Å²) in [6, 6.07) is 28.9. The van der Waals surface area contributed by atoms with E-state index < -0.39 is 10.0 Å². The SMILES string of the molecule is CCN(c1ccccc1)S(=O)(=O)c1ccc(C(=O)N(C)c2ccc3ccccc3c2)cc1. The zero-order valence-electron chi connectivity index (χ0n) is 18.0. The Morgan fingerprint density at radius 3 is 2.03 bits per heavy atom. The van der Waals surface area contributed by atoms with Gasteiger partial charge in [-0.15, -0.1) is 0 Å². The summed E-state index contributed by atoms with van der Waals surface area (Å²) in [6.07, 6.45) is 0. The van der Waals surface area contributed by atoms with Gasteiger partial charge in [-0.1, -0.05) is 48.5 Å². The van der Waals surface area contributed by atoms with Gasteiger partial charge in [-0.3, -0.25) is 9.10 Å². The Balaban J connectivity index is 1.59. The number of nitrogens with zero attached hydrogens (tertiary/aromatic N) is 2. The largest absolute Gasteiger partial charge is 0.311 e. The zero-order valence-corrected chi connectivity index (χ0v) is 18.8. The van der Waals surface area contributed by atoms with Crippen LogP contribution in [0.25, 0.3) is 10.8 Å². The van der Waals surface area contributed by atoms with Crippen molar-refractivity contribution in [2.24, 2.45) is 0 Å². The van der Waals surface area contributed by atoms with Crippen molar-refractivity contribution in [3.63, 3.8) is 0 Å². The van der Waals surface area contributed by atoms with E-state index in [-0.39, 0.29) is 10.8 Å². The average Bonchev–Trinajstić information content (AvgIpc) is 2.84. The lowest BCUT2D eigenvalue weighted by atomic mass is 10.1. The number of benzene rings is 4. The van der Waals surface area contributed by atoms with E-state index in [1.807, 2.05) is 48.5 Å². The second kappa shape index (κ2) is 8.85. The van der Waals surface area contributed by atoms with Gasteiger partial charge in [-0.25, -0.2) is 8.42 Å². The highest BCUT2D eigenvalue weighted by molar-refractivity contribution is 7.92. The number of rotatable bonds is 6. The van der Waals surface area contributed by atoms with Crippen molar-refractivity contribution in [1.29, 1.82) is 0 Å². The molecule has 0 fully saturated rings. The van der Waals surface area contributed by atoms with Crippen LogP contribution >= 0.6 is 0 Å². The molecule has 0 atom stereocenters. The lowest BCUT2D eigenvalue weighted by molar-refractivity contribution is 0.0993. The minimum absolute atomic E-state index is 0.146. The zero-order chi connectivity index (χ0) is 22.7. The summed E-state index contributed by atoms with van der Waals surface area (Å²) >= 11 is 0. The number of amides is 1. The van der Waals surface area contributed by atoms with Crippen molar-refractivity contribution >= 4 is 38.1 Å². The van der Waals surface area contributed by atoms with E-state index in [1.54, 1.807) is 55.3 Å². The van der Waals surface area contributed by atoms with Gasteiger partial charge in [-0.2, -0.15) is 0 Å². The fourth-order valence-electron chi connectivity index (χ4n) is 3.68. The molecule has 0 aliphatic heterocycles. The summed E-state index contributed by atoms with van der Waals surface area (Å²) < 4.78 is 27.7. The van der Waals surface area contributed by atoms with Crippen LogP contribution in [-0.2, 0) is 10.0 Å². The van der Waals surface area contributed by atoms with Crippen molar-refractivity contribution in [1.82, 2.24) is 0 Å². The van der Waals surface area contributed by atoms with Crippen molar-refractivity contribution < 1.29 is 13.2 Å². The standard InChI is InChI=1S/C26H24N2O3S/c1-3-28(23-11-5-4-6-12-23)32(30,31)25-17-14-21(15-18-25)26(29)27(2)24-16-13-20-9-7-8-10-22(20)19-24/h4-19H,3H2,1-2H3. The first kappa shape index (κ1) is 21.6. The fraction of sp³-hybridized carbons (Fsp3) is 0.115. The lowest BCUT2D eigenvalue weighted by Crippen LogP contribution is -2.31. The summed E-state index contributed by atoms with van der Waals surface area (Å²) in [5, 5.41) is 2.15. The molecule has 0 spiro atoms. The topological polar surface area (TPSA) is 57.7 Å². The number of anilines is 2. The molecular formula is C26H24N2O3S. The molecule has 0 aliphatic rings. The third kappa shape index (κ3) is 4.09. The number of hydrogen-bond acceptors (Lipinski definition) is 3. The Bertz CT molecular complexity index is 1350. The number of hydrogen-bond donors (Lipinski definition) is 0. The molecule has 6 heteroatoms.